The average Bonchev–Trinajstić information content (AvgIpc) is 3.01. The topological polar surface area (TPSA) is 83.6 Å². The Morgan fingerprint density at radius 2 is 2.08 bits per heavy atom. The number of hydrogen-bond donors (Lipinski definition) is 2. The lowest BCUT2D eigenvalue weighted by Crippen LogP contribution is -2.27. The second-order valence-corrected chi connectivity index (χ2v) is 5.43. The number of carbonyl (C=O) groups is 1. The van der Waals surface area contributed by atoms with Crippen molar-refractivity contribution in [3.05, 3.63) is 65.6 Å². The highest BCUT2D eigenvalue weighted by Crippen LogP contribution is 2.18. The summed E-state index contributed by atoms with van der Waals surface area (Å²) in [7, 11) is 0. The highest BCUT2D eigenvalue weighted by atomic mass is 19.1. The van der Waals surface area contributed by atoms with Crippen LogP contribution in [0, 0.1) is 12.7 Å². The first-order valence-corrected chi connectivity index (χ1v) is 7.45. The Kier molecular flexibility index (Phi) is 4.33. The van der Waals surface area contributed by atoms with Gasteiger partial charge in [-0.1, -0.05) is 12.1 Å². The summed E-state index contributed by atoms with van der Waals surface area (Å²) >= 11 is 0. The Balaban J connectivity index is 1.72. The molecule has 2 N–H and O–H groups in total. The van der Waals surface area contributed by atoms with E-state index in [1.54, 1.807) is 31.2 Å². The van der Waals surface area contributed by atoms with Gasteiger partial charge in [-0.25, -0.2) is 4.39 Å². The number of aromatic amines is 1. The first-order chi connectivity index (χ1) is 11.5. The molecule has 0 bridgehead atoms. The molecule has 0 aliphatic rings. The van der Waals surface area contributed by atoms with Crippen LogP contribution in [0.5, 0.6) is 0 Å². The molecule has 1 amide bonds. The highest BCUT2D eigenvalue weighted by molar-refractivity contribution is 5.94. The van der Waals surface area contributed by atoms with Crippen LogP contribution in [0.15, 0.2) is 42.6 Å². The molecule has 0 saturated heterocycles. The molecule has 1 unspecified atom stereocenters. The zero-order chi connectivity index (χ0) is 17.1. The predicted octanol–water partition coefficient (Wildman–Crippen LogP) is 2.81. The Bertz CT molecular complexity index is 859. The number of H-pyrrole nitrogens is 1. The van der Waals surface area contributed by atoms with Crippen LogP contribution in [-0.4, -0.2) is 26.1 Å². The van der Waals surface area contributed by atoms with Crippen LogP contribution in [0.4, 0.5) is 4.39 Å². The summed E-state index contributed by atoms with van der Waals surface area (Å²) in [4.78, 5) is 19.5. The number of nitrogens with zero attached hydrogens (tertiary/aromatic N) is 3. The van der Waals surface area contributed by atoms with Gasteiger partial charge in [0.15, 0.2) is 5.82 Å². The van der Waals surface area contributed by atoms with E-state index in [-0.39, 0.29) is 17.8 Å². The average molecular weight is 325 g/mol. The first-order valence-electron chi connectivity index (χ1n) is 7.45. The van der Waals surface area contributed by atoms with E-state index in [2.05, 4.69) is 25.5 Å². The maximum absolute atomic E-state index is 13.3. The molecule has 6 nitrogen and oxygen atoms in total. The van der Waals surface area contributed by atoms with Crippen molar-refractivity contribution in [2.75, 3.05) is 0 Å². The number of nitrogens with one attached hydrogen (secondary N) is 2. The quantitative estimate of drug-likeness (QED) is 0.772. The lowest BCUT2D eigenvalue weighted by atomic mass is 10.1. The van der Waals surface area contributed by atoms with Crippen molar-refractivity contribution < 1.29 is 9.18 Å². The molecule has 0 spiro atoms. The van der Waals surface area contributed by atoms with Gasteiger partial charge in [-0.2, -0.15) is 0 Å². The molecule has 3 aromatic rings. The summed E-state index contributed by atoms with van der Waals surface area (Å²) in [5.41, 5.74) is 1.68. The van der Waals surface area contributed by atoms with Crippen molar-refractivity contribution in [1.82, 2.24) is 25.5 Å². The number of carbonyl (C=O) groups excluding carboxylic acids is 1. The number of hydrogen-bond acceptors (Lipinski definition) is 4. The van der Waals surface area contributed by atoms with Crippen LogP contribution in [0.3, 0.4) is 0 Å². The van der Waals surface area contributed by atoms with E-state index in [1.807, 2.05) is 6.92 Å². The van der Waals surface area contributed by atoms with Crippen molar-refractivity contribution in [3.8, 4) is 11.3 Å². The van der Waals surface area contributed by atoms with Crippen LogP contribution < -0.4 is 5.32 Å². The minimum absolute atomic E-state index is 0.269. The van der Waals surface area contributed by atoms with Crippen molar-refractivity contribution in [1.29, 1.82) is 0 Å². The standard InChI is InChI=1S/C17H16FN5O/c1-10(16-21-11(2)22-23-16)20-17(24)13-6-7-15(19-9-13)12-4-3-5-14(18)8-12/h3-10H,1-2H3,(H,20,24)(H,21,22,23). The maximum Gasteiger partial charge on any atom is 0.253 e. The van der Waals surface area contributed by atoms with Crippen molar-refractivity contribution in [2.45, 2.75) is 19.9 Å². The molecule has 122 valence electrons. The normalized spacial score (nSPS) is 12.0. The molecule has 3 rings (SSSR count). The van der Waals surface area contributed by atoms with Crippen molar-refractivity contribution in [3.63, 3.8) is 0 Å². The number of amides is 1. The molecular formula is C17H16FN5O. The van der Waals surface area contributed by atoms with Crippen LogP contribution in [0.25, 0.3) is 11.3 Å². The third kappa shape index (κ3) is 3.45. The van der Waals surface area contributed by atoms with Gasteiger partial charge in [-0.3, -0.25) is 9.78 Å². The lowest BCUT2D eigenvalue weighted by molar-refractivity contribution is 0.0938. The third-order valence-electron chi connectivity index (χ3n) is 3.52. The largest absolute Gasteiger partial charge is 0.342 e. The number of halogens is 1. The summed E-state index contributed by atoms with van der Waals surface area (Å²) in [6.45, 7) is 3.60. The van der Waals surface area contributed by atoms with E-state index >= 15 is 0 Å². The molecule has 0 saturated carbocycles. The highest BCUT2D eigenvalue weighted by Gasteiger charge is 2.15. The molecule has 2 heterocycles. The maximum atomic E-state index is 13.3. The van der Waals surface area contributed by atoms with E-state index < -0.39 is 0 Å². The number of benzene rings is 1. The number of rotatable bonds is 4. The van der Waals surface area contributed by atoms with Gasteiger partial charge in [0.1, 0.15) is 11.6 Å². The molecule has 1 atom stereocenters. The fourth-order valence-electron chi connectivity index (χ4n) is 2.25. The van der Waals surface area contributed by atoms with Gasteiger partial charge in [0, 0.05) is 11.8 Å². The number of aryl methyl sites for hydroxylation is 1. The zero-order valence-corrected chi connectivity index (χ0v) is 13.2. The number of pyridine rings is 1. The Labute approximate surface area is 138 Å². The summed E-state index contributed by atoms with van der Waals surface area (Å²) < 4.78 is 13.3. The van der Waals surface area contributed by atoms with Crippen LogP contribution in [0.1, 0.15) is 35.0 Å². The molecule has 0 aliphatic carbocycles. The second-order valence-electron chi connectivity index (χ2n) is 5.43. The van der Waals surface area contributed by atoms with Gasteiger partial charge in [-0.05, 0) is 38.1 Å². The molecule has 0 radical (unpaired) electrons. The molecule has 0 fully saturated rings. The summed E-state index contributed by atoms with van der Waals surface area (Å²) in [5, 5.41) is 10.6. The van der Waals surface area contributed by atoms with E-state index in [9.17, 15) is 9.18 Å². The van der Waals surface area contributed by atoms with Gasteiger partial charge < -0.3 is 10.3 Å². The molecule has 24 heavy (non-hydrogen) atoms. The van der Waals surface area contributed by atoms with E-state index in [1.165, 1.54) is 18.3 Å². The fourth-order valence-corrected chi connectivity index (χ4v) is 2.25. The van der Waals surface area contributed by atoms with E-state index in [4.69, 9.17) is 0 Å². The molecule has 7 heteroatoms. The van der Waals surface area contributed by atoms with Crippen LogP contribution in [-0.2, 0) is 0 Å². The molecular weight excluding hydrogens is 309 g/mol. The summed E-state index contributed by atoms with van der Waals surface area (Å²) in [5.74, 6) is 0.680. The Morgan fingerprint density at radius 3 is 2.71 bits per heavy atom. The van der Waals surface area contributed by atoms with Gasteiger partial charge in [-0.15, -0.1) is 10.2 Å². The Morgan fingerprint density at radius 1 is 1.25 bits per heavy atom. The lowest BCUT2D eigenvalue weighted by Gasteiger charge is -2.11. The predicted molar refractivity (Wildman–Crippen MR) is 86.6 cm³/mol. The smallest absolute Gasteiger partial charge is 0.253 e. The molecule has 2 aromatic heterocycles. The fraction of sp³-hybridized carbons (Fsp3) is 0.176. The summed E-state index contributed by atoms with van der Waals surface area (Å²) in [6, 6.07) is 9.19. The monoisotopic (exact) mass is 325 g/mol. The SMILES string of the molecule is Cc1nnc(C(C)NC(=O)c2ccc(-c3cccc(F)c3)nc2)[nH]1. The van der Waals surface area contributed by atoms with Gasteiger partial charge in [0.05, 0.1) is 17.3 Å². The van der Waals surface area contributed by atoms with Crippen molar-refractivity contribution in [2.24, 2.45) is 0 Å². The van der Waals surface area contributed by atoms with Gasteiger partial charge in [0.2, 0.25) is 0 Å². The second kappa shape index (κ2) is 6.57. The van der Waals surface area contributed by atoms with Gasteiger partial charge >= 0.3 is 0 Å². The van der Waals surface area contributed by atoms with E-state index in [0.29, 0.717) is 28.5 Å². The summed E-state index contributed by atoms with van der Waals surface area (Å²) in [6.07, 6.45) is 1.47. The number of aromatic nitrogens is 4. The Hall–Kier alpha value is -3.09. The first kappa shape index (κ1) is 15.8. The molecule has 1 aromatic carbocycles. The minimum atomic E-state index is -0.327. The molecule has 0 aliphatic heterocycles. The zero-order valence-electron chi connectivity index (χ0n) is 13.2. The third-order valence-corrected chi connectivity index (χ3v) is 3.52. The minimum Gasteiger partial charge on any atom is -0.342 e. The van der Waals surface area contributed by atoms with Crippen LogP contribution in [0.2, 0.25) is 0 Å². The van der Waals surface area contributed by atoms with Crippen molar-refractivity contribution >= 4 is 5.91 Å². The van der Waals surface area contributed by atoms with E-state index in [0.717, 1.165) is 0 Å². The van der Waals surface area contributed by atoms with Crippen LogP contribution >= 0.6 is 0 Å². The van der Waals surface area contributed by atoms with Gasteiger partial charge in [0.25, 0.3) is 5.91 Å².